The van der Waals surface area contributed by atoms with E-state index in [1.54, 1.807) is 24.4 Å². The number of hydrogen-bond acceptors (Lipinski definition) is 5. The first-order valence-corrected chi connectivity index (χ1v) is 10.6. The predicted molar refractivity (Wildman–Crippen MR) is 123 cm³/mol. The fraction of sp³-hybridized carbons (Fsp3) is 0.250. The fourth-order valence-corrected chi connectivity index (χ4v) is 3.70. The molecule has 3 rings (SSSR count). The Morgan fingerprint density at radius 1 is 1.36 bits per heavy atom. The third-order valence-electron chi connectivity index (χ3n) is 4.02. The van der Waals surface area contributed by atoms with E-state index in [-0.39, 0.29) is 17.2 Å². The summed E-state index contributed by atoms with van der Waals surface area (Å²) >= 11 is 5.43. The maximum Gasteiger partial charge on any atom is 0.282 e. The average molecular weight is 556 g/mol. The first kappa shape index (κ1) is 20.8. The van der Waals surface area contributed by atoms with Crippen LogP contribution in [0, 0.1) is 3.57 Å². The molecule has 8 heteroatoms. The van der Waals surface area contributed by atoms with Crippen molar-refractivity contribution in [2.75, 3.05) is 6.61 Å². The molecule has 0 fully saturated rings. The number of nitrogens with zero attached hydrogens (tertiary/aromatic N) is 3. The normalized spacial score (nSPS) is 11.6. The zero-order chi connectivity index (χ0) is 20.4. The number of aromatic nitrogens is 2. The van der Waals surface area contributed by atoms with Crippen LogP contribution in [0.1, 0.15) is 38.1 Å². The molecule has 28 heavy (non-hydrogen) atoms. The van der Waals surface area contributed by atoms with Crippen LogP contribution in [-0.4, -0.2) is 27.6 Å². The minimum absolute atomic E-state index is 0.0110. The second-order valence-electron chi connectivity index (χ2n) is 6.43. The van der Waals surface area contributed by atoms with Crippen molar-refractivity contribution < 1.29 is 9.84 Å². The predicted octanol–water partition coefficient (Wildman–Crippen LogP) is 4.87. The quantitative estimate of drug-likeness (QED) is 0.360. The molecule has 0 spiro atoms. The molecule has 0 unspecified atom stereocenters. The van der Waals surface area contributed by atoms with E-state index in [1.165, 1.54) is 4.68 Å². The summed E-state index contributed by atoms with van der Waals surface area (Å²) in [6.07, 6.45) is 1.57. The lowest BCUT2D eigenvalue weighted by atomic mass is 10.2. The molecule has 1 N–H and O–H groups in total. The molecule has 0 saturated carbocycles. The molecule has 6 nitrogen and oxygen atoms in total. The van der Waals surface area contributed by atoms with E-state index in [0.29, 0.717) is 38.2 Å². The van der Waals surface area contributed by atoms with Crippen LogP contribution >= 0.6 is 38.5 Å². The van der Waals surface area contributed by atoms with Crippen LogP contribution in [0.2, 0.25) is 0 Å². The molecule has 1 heterocycles. The number of fused-ring (bicyclic) bond motifs is 1. The van der Waals surface area contributed by atoms with Crippen LogP contribution in [0.4, 0.5) is 0 Å². The molecule has 0 bridgehead atoms. The first-order chi connectivity index (χ1) is 13.3. The van der Waals surface area contributed by atoms with Gasteiger partial charge in [-0.15, -0.1) is 0 Å². The highest BCUT2D eigenvalue weighted by Gasteiger charge is 2.14. The minimum atomic E-state index is -0.232. The first-order valence-electron chi connectivity index (χ1n) is 8.73. The Morgan fingerprint density at radius 3 is 2.79 bits per heavy atom. The van der Waals surface area contributed by atoms with Gasteiger partial charge in [-0.1, -0.05) is 29.8 Å². The Bertz CT molecular complexity index is 1130. The summed E-state index contributed by atoms with van der Waals surface area (Å²) < 4.78 is 8.24. The summed E-state index contributed by atoms with van der Waals surface area (Å²) in [4.78, 5) is 17.7. The number of hydrogen-bond donors (Lipinski definition) is 1. The number of halogens is 2. The lowest BCUT2D eigenvalue weighted by molar-refractivity contribution is 0.317. The summed E-state index contributed by atoms with van der Waals surface area (Å²) in [6, 6.07) is 8.89. The number of ether oxygens (including phenoxy) is 1. The van der Waals surface area contributed by atoms with Crippen molar-refractivity contribution in [3.8, 4) is 11.5 Å². The van der Waals surface area contributed by atoms with Gasteiger partial charge in [-0.2, -0.15) is 9.78 Å². The van der Waals surface area contributed by atoms with Gasteiger partial charge in [-0.3, -0.25) is 4.79 Å². The smallest absolute Gasteiger partial charge is 0.282 e. The third-order valence-corrected chi connectivity index (χ3v) is 5.34. The Morgan fingerprint density at radius 2 is 2.11 bits per heavy atom. The van der Waals surface area contributed by atoms with Gasteiger partial charge < -0.3 is 9.84 Å². The monoisotopic (exact) mass is 555 g/mol. The highest BCUT2D eigenvalue weighted by Crippen LogP contribution is 2.32. The molecule has 146 valence electrons. The number of aromatic hydroxyl groups is 1. The van der Waals surface area contributed by atoms with Crippen LogP contribution in [0.5, 0.6) is 11.5 Å². The molecule has 0 atom stereocenters. The van der Waals surface area contributed by atoms with Gasteiger partial charge in [0.05, 0.1) is 27.3 Å². The van der Waals surface area contributed by atoms with E-state index < -0.39 is 0 Å². The average Bonchev–Trinajstić information content (AvgIpc) is 2.65. The van der Waals surface area contributed by atoms with Gasteiger partial charge in [0.2, 0.25) is 0 Å². The molecular weight excluding hydrogens is 537 g/mol. The molecule has 2 aromatic carbocycles. The largest absolute Gasteiger partial charge is 0.504 e. The van der Waals surface area contributed by atoms with Gasteiger partial charge in [0.1, 0.15) is 5.82 Å². The van der Waals surface area contributed by atoms with Gasteiger partial charge in [0.15, 0.2) is 11.5 Å². The Balaban J connectivity index is 2.15. The minimum Gasteiger partial charge on any atom is -0.504 e. The topological polar surface area (TPSA) is 76.7 Å². The zero-order valence-electron chi connectivity index (χ0n) is 15.6. The molecular formula is C20H19BrIN3O3. The fourth-order valence-electron chi connectivity index (χ4n) is 2.71. The van der Waals surface area contributed by atoms with Crippen molar-refractivity contribution >= 4 is 55.6 Å². The number of benzene rings is 2. The van der Waals surface area contributed by atoms with Crippen molar-refractivity contribution in [3.05, 3.63) is 60.1 Å². The molecule has 0 aliphatic rings. The Hall–Kier alpha value is -1.94. The van der Waals surface area contributed by atoms with Crippen LogP contribution < -0.4 is 10.3 Å². The second kappa shape index (κ2) is 8.60. The molecule has 0 radical (unpaired) electrons. The second-order valence-corrected chi connectivity index (χ2v) is 8.51. The number of phenolic OH excluding ortho intramolecular Hbond substituents is 1. The van der Waals surface area contributed by atoms with Gasteiger partial charge >= 0.3 is 0 Å². The van der Waals surface area contributed by atoms with Gasteiger partial charge in [0, 0.05) is 10.4 Å². The lowest BCUT2D eigenvalue weighted by Crippen LogP contribution is -2.23. The van der Waals surface area contributed by atoms with E-state index in [0.717, 1.165) is 4.47 Å². The van der Waals surface area contributed by atoms with Gasteiger partial charge in [-0.25, -0.2) is 4.98 Å². The van der Waals surface area contributed by atoms with Crippen molar-refractivity contribution in [2.24, 2.45) is 5.10 Å². The van der Waals surface area contributed by atoms with Gasteiger partial charge in [0.25, 0.3) is 5.56 Å². The van der Waals surface area contributed by atoms with E-state index in [1.807, 2.05) is 55.5 Å². The van der Waals surface area contributed by atoms with Crippen molar-refractivity contribution in [3.63, 3.8) is 0 Å². The summed E-state index contributed by atoms with van der Waals surface area (Å²) in [7, 11) is 0. The van der Waals surface area contributed by atoms with Crippen molar-refractivity contribution in [1.29, 1.82) is 0 Å². The number of rotatable bonds is 5. The highest BCUT2D eigenvalue weighted by atomic mass is 127. The van der Waals surface area contributed by atoms with Crippen LogP contribution in [-0.2, 0) is 0 Å². The molecule has 1 aromatic heterocycles. The van der Waals surface area contributed by atoms with Crippen LogP contribution in [0.15, 0.2) is 44.7 Å². The zero-order valence-corrected chi connectivity index (χ0v) is 19.4. The maximum absolute atomic E-state index is 13.0. The van der Waals surface area contributed by atoms with E-state index in [2.05, 4.69) is 26.0 Å². The van der Waals surface area contributed by atoms with Crippen molar-refractivity contribution in [2.45, 2.75) is 26.7 Å². The SMILES string of the molecule is CCOc1cc(C=Nn2c(C(C)C)nc3ccc(Br)cc3c2=O)cc(I)c1O. The van der Waals surface area contributed by atoms with E-state index in [4.69, 9.17) is 4.74 Å². The maximum atomic E-state index is 13.0. The number of phenols is 1. The van der Waals surface area contributed by atoms with E-state index in [9.17, 15) is 9.90 Å². The molecule has 3 aromatic rings. The Labute approximate surface area is 184 Å². The molecule has 0 aliphatic heterocycles. The Kier molecular flexibility index (Phi) is 6.39. The highest BCUT2D eigenvalue weighted by molar-refractivity contribution is 14.1. The summed E-state index contributed by atoms with van der Waals surface area (Å²) in [5.74, 6) is 1.07. The van der Waals surface area contributed by atoms with Crippen LogP contribution in [0.3, 0.4) is 0 Å². The van der Waals surface area contributed by atoms with Gasteiger partial charge in [-0.05, 0) is 65.4 Å². The van der Waals surface area contributed by atoms with E-state index >= 15 is 0 Å². The molecule has 0 amide bonds. The summed E-state index contributed by atoms with van der Waals surface area (Å²) in [6.45, 7) is 6.22. The standard InChI is InChI=1S/C20H19BrIN3O3/c1-4-28-17-8-12(7-15(22)18(17)26)10-23-25-19(11(2)3)24-16-6-5-13(21)9-14(16)20(25)27/h5-11,26H,4H2,1-3H3. The third kappa shape index (κ3) is 4.22. The molecule has 0 saturated heterocycles. The summed E-state index contributed by atoms with van der Waals surface area (Å²) in [5.41, 5.74) is 1.12. The lowest BCUT2D eigenvalue weighted by Gasteiger charge is -2.12. The molecule has 0 aliphatic carbocycles. The summed E-state index contributed by atoms with van der Waals surface area (Å²) in [5, 5.41) is 15.0. The van der Waals surface area contributed by atoms with Crippen LogP contribution in [0.25, 0.3) is 10.9 Å². The van der Waals surface area contributed by atoms with Crippen molar-refractivity contribution in [1.82, 2.24) is 9.66 Å².